The van der Waals surface area contributed by atoms with Crippen LogP contribution in [0.2, 0.25) is 10.0 Å². The molecule has 0 aliphatic heterocycles. The maximum Gasteiger partial charge on any atom is 0.264 e. The molecule has 1 aromatic heterocycles. The second-order valence-corrected chi connectivity index (χ2v) is 7.87. The van der Waals surface area contributed by atoms with Gasteiger partial charge in [-0.05, 0) is 12.1 Å². The van der Waals surface area contributed by atoms with Gasteiger partial charge in [-0.15, -0.1) is 0 Å². The second kappa shape index (κ2) is 7.86. The molecule has 0 amide bonds. The number of methoxy groups -OCH3 is 3. The molecule has 0 spiro atoms. The van der Waals surface area contributed by atoms with Crippen LogP contribution >= 0.6 is 23.2 Å². The molecule has 0 fully saturated rings. The number of halogens is 2. The van der Waals surface area contributed by atoms with Crippen molar-refractivity contribution < 1.29 is 22.6 Å². The van der Waals surface area contributed by atoms with E-state index in [1.165, 1.54) is 39.5 Å². The highest BCUT2D eigenvalue weighted by Crippen LogP contribution is 2.35. The summed E-state index contributed by atoms with van der Waals surface area (Å²) in [7, 11) is 0.216. The summed E-state index contributed by atoms with van der Waals surface area (Å²) in [6.07, 6.45) is 0. The average molecular weight is 444 g/mol. The van der Waals surface area contributed by atoms with Gasteiger partial charge < -0.3 is 14.2 Å². The number of anilines is 1. The molecule has 1 N–H and O–H groups in total. The van der Waals surface area contributed by atoms with Gasteiger partial charge >= 0.3 is 0 Å². The standard InChI is InChI=1S/C17H15Cl2N3O5S/c1-25-12-7-10-11(8-13(12)26-2)21-17(27-3)16(20-10)22-28(23,24)14-6-4-5-9(18)15(14)19/h4-8H,1-3H3,(H,20,22). The predicted molar refractivity (Wildman–Crippen MR) is 106 cm³/mol. The third-order valence-electron chi connectivity index (χ3n) is 3.77. The quantitative estimate of drug-likeness (QED) is 0.618. The Morgan fingerprint density at radius 1 is 0.929 bits per heavy atom. The Hall–Kier alpha value is -2.49. The summed E-state index contributed by atoms with van der Waals surface area (Å²) in [6.45, 7) is 0. The van der Waals surface area contributed by atoms with Crippen molar-refractivity contribution in [3.63, 3.8) is 0 Å². The molecule has 0 saturated heterocycles. The number of nitrogens with one attached hydrogen (secondary N) is 1. The molecule has 3 rings (SSSR count). The second-order valence-electron chi connectivity index (χ2n) is 5.43. The van der Waals surface area contributed by atoms with Crippen molar-refractivity contribution in [1.82, 2.24) is 9.97 Å². The summed E-state index contributed by atoms with van der Waals surface area (Å²) in [4.78, 5) is 8.40. The number of ether oxygens (including phenoxy) is 3. The fraction of sp³-hybridized carbons (Fsp3) is 0.176. The van der Waals surface area contributed by atoms with E-state index in [0.717, 1.165) is 0 Å². The largest absolute Gasteiger partial charge is 0.493 e. The molecule has 3 aromatic rings. The van der Waals surface area contributed by atoms with E-state index in [2.05, 4.69) is 14.7 Å². The zero-order valence-corrected chi connectivity index (χ0v) is 17.3. The van der Waals surface area contributed by atoms with Crippen LogP contribution in [-0.2, 0) is 10.0 Å². The van der Waals surface area contributed by atoms with E-state index < -0.39 is 10.0 Å². The Balaban J connectivity index is 2.12. The van der Waals surface area contributed by atoms with Crippen molar-refractivity contribution in [2.45, 2.75) is 4.90 Å². The van der Waals surface area contributed by atoms with Crippen LogP contribution in [0.5, 0.6) is 17.4 Å². The molecule has 0 aliphatic rings. The van der Waals surface area contributed by atoms with E-state index >= 15 is 0 Å². The van der Waals surface area contributed by atoms with Gasteiger partial charge in [0.05, 0.1) is 42.4 Å². The number of sulfonamides is 1. The summed E-state index contributed by atoms with van der Waals surface area (Å²) < 4.78 is 43.6. The van der Waals surface area contributed by atoms with Gasteiger partial charge in [-0.3, -0.25) is 4.72 Å². The van der Waals surface area contributed by atoms with Gasteiger partial charge in [-0.1, -0.05) is 29.3 Å². The van der Waals surface area contributed by atoms with E-state index in [1.54, 1.807) is 12.1 Å². The number of hydrogen-bond donors (Lipinski definition) is 1. The van der Waals surface area contributed by atoms with Crippen molar-refractivity contribution >= 4 is 50.1 Å². The van der Waals surface area contributed by atoms with Gasteiger partial charge in [0.2, 0.25) is 5.82 Å². The van der Waals surface area contributed by atoms with E-state index in [-0.39, 0.29) is 26.6 Å². The zero-order valence-electron chi connectivity index (χ0n) is 15.0. The minimum atomic E-state index is -4.10. The Bertz CT molecular complexity index is 1160. The summed E-state index contributed by atoms with van der Waals surface area (Å²) in [6, 6.07) is 7.47. The fourth-order valence-corrected chi connectivity index (χ4v) is 4.21. The first-order chi connectivity index (χ1) is 13.3. The maximum atomic E-state index is 12.8. The fourth-order valence-electron chi connectivity index (χ4n) is 2.45. The molecule has 1 heterocycles. The first-order valence-electron chi connectivity index (χ1n) is 7.75. The van der Waals surface area contributed by atoms with Crippen molar-refractivity contribution in [3.8, 4) is 17.4 Å². The van der Waals surface area contributed by atoms with Gasteiger partial charge in [0, 0.05) is 12.1 Å². The van der Waals surface area contributed by atoms with Crippen molar-refractivity contribution in [1.29, 1.82) is 0 Å². The van der Waals surface area contributed by atoms with E-state index in [1.807, 2.05) is 0 Å². The van der Waals surface area contributed by atoms with Crippen LogP contribution in [0, 0.1) is 0 Å². The molecule has 0 atom stereocenters. The first-order valence-corrected chi connectivity index (χ1v) is 9.99. The third kappa shape index (κ3) is 3.73. The molecule has 8 nitrogen and oxygen atoms in total. The molecule has 148 valence electrons. The summed E-state index contributed by atoms with van der Waals surface area (Å²) >= 11 is 12.0. The van der Waals surface area contributed by atoms with E-state index in [0.29, 0.717) is 22.5 Å². The lowest BCUT2D eigenvalue weighted by Gasteiger charge is -2.14. The van der Waals surface area contributed by atoms with Gasteiger partial charge in [0.1, 0.15) is 4.90 Å². The zero-order chi connectivity index (χ0) is 20.5. The summed E-state index contributed by atoms with van der Waals surface area (Å²) in [5, 5.41) is 0.00808. The normalized spacial score (nSPS) is 11.3. The SMILES string of the molecule is COc1cc2nc(NS(=O)(=O)c3cccc(Cl)c3Cl)c(OC)nc2cc1OC. The Labute approximate surface area is 171 Å². The van der Waals surface area contributed by atoms with Crippen LogP contribution in [0.25, 0.3) is 11.0 Å². The van der Waals surface area contributed by atoms with Crippen LogP contribution in [0.4, 0.5) is 5.82 Å². The third-order valence-corrected chi connectivity index (χ3v) is 6.08. The number of rotatable bonds is 6. The Morgan fingerprint density at radius 2 is 1.54 bits per heavy atom. The molecular formula is C17H15Cl2N3O5S. The number of hydrogen-bond acceptors (Lipinski definition) is 7. The van der Waals surface area contributed by atoms with Crippen molar-refractivity contribution in [2.75, 3.05) is 26.1 Å². The van der Waals surface area contributed by atoms with Gasteiger partial charge in [0.15, 0.2) is 11.5 Å². The van der Waals surface area contributed by atoms with Crippen LogP contribution in [0.15, 0.2) is 35.2 Å². The van der Waals surface area contributed by atoms with Gasteiger partial charge in [-0.25, -0.2) is 18.4 Å². The van der Waals surface area contributed by atoms with Gasteiger partial charge in [-0.2, -0.15) is 0 Å². The minimum Gasteiger partial charge on any atom is -0.493 e. The van der Waals surface area contributed by atoms with Crippen LogP contribution < -0.4 is 18.9 Å². The lowest BCUT2D eigenvalue weighted by molar-refractivity contribution is 0.355. The number of aromatic nitrogens is 2. The van der Waals surface area contributed by atoms with Crippen molar-refractivity contribution in [3.05, 3.63) is 40.4 Å². The number of nitrogens with zero attached hydrogens (tertiary/aromatic N) is 2. The maximum absolute atomic E-state index is 12.8. The Kier molecular flexibility index (Phi) is 5.69. The van der Waals surface area contributed by atoms with E-state index in [4.69, 9.17) is 37.4 Å². The number of fused-ring (bicyclic) bond motifs is 1. The van der Waals surface area contributed by atoms with Crippen LogP contribution in [0.1, 0.15) is 0 Å². The molecule has 28 heavy (non-hydrogen) atoms. The Morgan fingerprint density at radius 3 is 2.11 bits per heavy atom. The summed E-state index contributed by atoms with van der Waals surface area (Å²) in [5.74, 6) is 0.728. The topological polar surface area (TPSA) is 99.6 Å². The molecule has 2 aromatic carbocycles. The lowest BCUT2D eigenvalue weighted by atomic mass is 10.2. The molecule has 0 bridgehead atoms. The minimum absolute atomic E-state index is 0.0264. The first kappa shape index (κ1) is 20.2. The molecular weight excluding hydrogens is 429 g/mol. The highest BCUT2D eigenvalue weighted by molar-refractivity contribution is 7.92. The molecule has 0 aliphatic carbocycles. The van der Waals surface area contributed by atoms with E-state index in [9.17, 15) is 8.42 Å². The average Bonchev–Trinajstić information content (AvgIpc) is 2.67. The van der Waals surface area contributed by atoms with Gasteiger partial charge in [0.25, 0.3) is 15.9 Å². The molecule has 0 saturated carbocycles. The summed E-state index contributed by atoms with van der Waals surface area (Å²) in [5.41, 5.74) is 0.798. The van der Waals surface area contributed by atoms with Crippen molar-refractivity contribution in [2.24, 2.45) is 0 Å². The predicted octanol–water partition coefficient (Wildman–Crippen LogP) is 3.76. The molecule has 0 unspecified atom stereocenters. The highest BCUT2D eigenvalue weighted by Gasteiger charge is 2.23. The lowest BCUT2D eigenvalue weighted by Crippen LogP contribution is -2.16. The monoisotopic (exact) mass is 443 g/mol. The van der Waals surface area contributed by atoms with Crippen LogP contribution in [-0.4, -0.2) is 39.7 Å². The highest BCUT2D eigenvalue weighted by atomic mass is 35.5. The molecule has 0 radical (unpaired) electrons. The smallest absolute Gasteiger partial charge is 0.264 e. The van der Waals surface area contributed by atoms with Crippen LogP contribution in [0.3, 0.4) is 0 Å². The number of benzene rings is 2. The molecule has 11 heteroatoms.